The molecule has 15 heavy (non-hydrogen) atoms. The molecule has 0 spiro atoms. The number of thioether (sulfide) groups is 1. The highest BCUT2D eigenvalue weighted by molar-refractivity contribution is 7.99. The van der Waals surface area contributed by atoms with Gasteiger partial charge in [-0.15, -0.1) is 11.8 Å². The Morgan fingerprint density at radius 2 is 2.20 bits per heavy atom. The Morgan fingerprint density at radius 3 is 2.80 bits per heavy atom. The third-order valence-corrected chi connectivity index (χ3v) is 3.63. The van der Waals surface area contributed by atoms with Crippen molar-refractivity contribution >= 4 is 11.8 Å². The third-order valence-electron chi connectivity index (χ3n) is 2.33. The molecule has 0 aliphatic carbocycles. The van der Waals surface area contributed by atoms with E-state index in [1.165, 1.54) is 11.0 Å². The van der Waals surface area contributed by atoms with E-state index < -0.39 is 0 Å². The predicted octanol–water partition coefficient (Wildman–Crippen LogP) is 3.61. The Kier molecular flexibility index (Phi) is 5.12. The highest BCUT2D eigenvalue weighted by atomic mass is 32.2. The van der Waals surface area contributed by atoms with Gasteiger partial charge < -0.3 is 5.32 Å². The molecule has 1 rings (SSSR count). The van der Waals surface area contributed by atoms with Gasteiger partial charge in [-0.2, -0.15) is 0 Å². The third kappa shape index (κ3) is 3.50. The molecular formula is C12H18FNS. The smallest absolute Gasteiger partial charge is 0.123 e. The zero-order chi connectivity index (χ0) is 11.3. The van der Waals surface area contributed by atoms with E-state index >= 15 is 0 Å². The van der Waals surface area contributed by atoms with Crippen molar-refractivity contribution in [3.8, 4) is 0 Å². The summed E-state index contributed by atoms with van der Waals surface area (Å²) in [5.74, 6) is 0.919. The number of nitrogens with one attached hydrogen (secondary N) is 1. The molecule has 1 aromatic carbocycles. The van der Waals surface area contributed by atoms with E-state index in [0.717, 1.165) is 17.7 Å². The summed E-state index contributed by atoms with van der Waals surface area (Å²) in [7, 11) is 1.89. The highest BCUT2D eigenvalue weighted by Gasteiger charge is 2.10. The summed E-state index contributed by atoms with van der Waals surface area (Å²) in [4.78, 5) is 1.18. The van der Waals surface area contributed by atoms with E-state index in [2.05, 4.69) is 12.2 Å². The lowest BCUT2D eigenvalue weighted by molar-refractivity contribution is 0.601. The van der Waals surface area contributed by atoms with Crippen molar-refractivity contribution in [1.82, 2.24) is 5.32 Å². The van der Waals surface area contributed by atoms with Crippen LogP contribution >= 0.6 is 11.8 Å². The fourth-order valence-corrected chi connectivity index (χ4v) is 2.35. The maximum Gasteiger partial charge on any atom is 0.123 e. The van der Waals surface area contributed by atoms with Crippen LogP contribution in [-0.2, 0) is 0 Å². The van der Waals surface area contributed by atoms with Crippen LogP contribution in [0.2, 0.25) is 0 Å². The molecule has 1 atom stereocenters. The molecule has 0 bridgehead atoms. The maximum absolute atomic E-state index is 13.1. The zero-order valence-electron chi connectivity index (χ0n) is 9.51. The molecule has 0 radical (unpaired) electrons. The molecular weight excluding hydrogens is 209 g/mol. The van der Waals surface area contributed by atoms with Crippen LogP contribution in [0.1, 0.15) is 31.9 Å². The number of halogens is 1. The molecule has 0 aromatic heterocycles. The largest absolute Gasteiger partial charge is 0.313 e. The lowest BCUT2D eigenvalue weighted by Crippen LogP contribution is -2.13. The van der Waals surface area contributed by atoms with Crippen LogP contribution in [0.5, 0.6) is 0 Å². The molecule has 1 N–H and O–H groups in total. The van der Waals surface area contributed by atoms with Gasteiger partial charge in [-0.25, -0.2) is 4.39 Å². The highest BCUT2D eigenvalue weighted by Crippen LogP contribution is 2.28. The number of hydrogen-bond acceptors (Lipinski definition) is 2. The second-order valence-corrected chi connectivity index (χ2v) is 4.68. The van der Waals surface area contributed by atoms with Gasteiger partial charge >= 0.3 is 0 Å². The van der Waals surface area contributed by atoms with Gasteiger partial charge in [0.1, 0.15) is 5.82 Å². The fraction of sp³-hybridized carbons (Fsp3) is 0.500. The molecule has 84 valence electrons. The number of hydrogen-bond donors (Lipinski definition) is 1. The van der Waals surface area contributed by atoms with Gasteiger partial charge in [0.05, 0.1) is 0 Å². The minimum absolute atomic E-state index is 0.159. The van der Waals surface area contributed by atoms with Crippen molar-refractivity contribution in [2.75, 3.05) is 12.8 Å². The molecule has 1 unspecified atom stereocenters. The first-order chi connectivity index (χ1) is 7.19. The van der Waals surface area contributed by atoms with Crippen molar-refractivity contribution in [1.29, 1.82) is 0 Å². The standard InChI is InChI=1S/C12H18FNS/c1-4-7-15-12-6-5-10(13)8-11(12)9(2)14-3/h5-6,8-9,14H,4,7H2,1-3H3. The van der Waals surface area contributed by atoms with Gasteiger partial charge in [-0.3, -0.25) is 0 Å². The molecule has 1 aromatic rings. The SMILES string of the molecule is CCCSc1ccc(F)cc1C(C)NC. The van der Waals surface area contributed by atoms with E-state index in [0.29, 0.717) is 0 Å². The first-order valence-corrected chi connectivity index (χ1v) is 6.27. The fourth-order valence-electron chi connectivity index (χ4n) is 1.36. The van der Waals surface area contributed by atoms with E-state index in [-0.39, 0.29) is 11.9 Å². The van der Waals surface area contributed by atoms with Gasteiger partial charge in [-0.05, 0) is 49.9 Å². The van der Waals surface area contributed by atoms with E-state index in [9.17, 15) is 4.39 Å². The topological polar surface area (TPSA) is 12.0 Å². The van der Waals surface area contributed by atoms with Gasteiger partial charge in [0.15, 0.2) is 0 Å². The van der Waals surface area contributed by atoms with Gasteiger partial charge in [0, 0.05) is 10.9 Å². The summed E-state index contributed by atoms with van der Waals surface area (Å²) in [6.07, 6.45) is 1.13. The van der Waals surface area contributed by atoms with Crippen LogP contribution in [0.3, 0.4) is 0 Å². The molecule has 0 amide bonds. The molecule has 0 saturated carbocycles. The van der Waals surface area contributed by atoms with Crippen LogP contribution in [-0.4, -0.2) is 12.8 Å². The molecule has 0 aliphatic rings. The average molecular weight is 227 g/mol. The molecule has 0 aliphatic heterocycles. The van der Waals surface area contributed by atoms with Crippen LogP contribution in [0.15, 0.2) is 23.1 Å². The summed E-state index contributed by atoms with van der Waals surface area (Å²) in [5.41, 5.74) is 1.05. The second-order valence-electron chi connectivity index (χ2n) is 3.54. The monoisotopic (exact) mass is 227 g/mol. The Balaban J connectivity index is 2.92. The van der Waals surface area contributed by atoms with E-state index in [1.54, 1.807) is 17.8 Å². The maximum atomic E-state index is 13.1. The summed E-state index contributed by atoms with van der Waals surface area (Å²) >= 11 is 1.79. The van der Waals surface area contributed by atoms with Crippen LogP contribution in [0.25, 0.3) is 0 Å². The Bertz CT molecular complexity index is 314. The second kappa shape index (κ2) is 6.13. The summed E-state index contributed by atoms with van der Waals surface area (Å²) in [6, 6.07) is 5.22. The van der Waals surface area contributed by atoms with Gasteiger partial charge in [0.25, 0.3) is 0 Å². The Labute approximate surface area is 95.5 Å². The van der Waals surface area contributed by atoms with Crippen molar-refractivity contribution in [2.45, 2.75) is 31.2 Å². The van der Waals surface area contributed by atoms with Gasteiger partial charge in [-0.1, -0.05) is 6.92 Å². The lowest BCUT2D eigenvalue weighted by atomic mass is 10.1. The number of rotatable bonds is 5. The first-order valence-electron chi connectivity index (χ1n) is 5.28. The average Bonchev–Trinajstić information content (AvgIpc) is 2.26. The van der Waals surface area contributed by atoms with Crippen molar-refractivity contribution in [3.05, 3.63) is 29.6 Å². The summed E-state index contributed by atoms with van der Waals surface area (Å²) < 4.78 is 13.1. The summed E-state index contributed by atoms with van der Waals surface area (Å²) in [6.45, 7) is 4.20. The normalized spacial score (nSPS) is 12.8. The summed E-state index contributed by atoms with van der Waals surface area (Å²) in [5, 5.41) is 3.15. The molecule has 0 heterocycles. The molecule has 3 heteroatoms. The van der Waals surface area contributed by atoms with Crippen molar-refractivity contribution in [2.24, 2.45) is 0 Å². The van der Waals surface area contributed by atoms with Crippen LogP contribution in [0, 0.1) is 5.82 Å². The Morgan fingerprint density at radius 1 is 1.47 bits per heavy atom. The Hall–Kier alpha value is -0.540. The minimum Gasteiger partial charge on any atom is -0.313 e. The first kappa shape index (κ1) is 12.5. The van der Waals surface area contributed by atoms with E-state index in [1.807, 2.05) is 20.0 Å². The lowest BCUT2D eigenvalue weighted by Gasteiger charge is -2.15. The van der Waals surface area contributed by atoms with Crippen LogP contribution in [0.4, 0.5) is 4.39 Å². The molecule has 0 fully saturated rings. The molecule has 0 saturated heterocycles. The molecule has 1 nitrogen and oxygen atoms in total. The van der Waals surface area contributed by atoms with Crippen molar-refractivity contribution in [3.63, 3.8) is 0 Å². The van der Waals surface area contributed by atoms with Crippen LogP contribution < -0.4 is 5.32 Å². The zero-order valence-corrected chi connectivity index (χ0v) is 10.3. The quantitative estimate of drug-likeness (QED) is 0.771. The van der Waals surface area contributed by atoms with Crippen molar-refractivity contribution < 1.29 is 4.39 Å². The number of benzene rings is 1. The minimum atomic E-state index is -0.159. The predicted molar refractivity (Wildman–Crippen MR) is 64.9 cm³/mol. The van der Waals surface area contributed by atoms with E-state index in [4.69, 9.17) is 0 Å². The van der Waals surface area contributed by atoms with Gasteiger partial charge in [0.2, 0.25) is 0 Å².